The Labute approximate surface area is 124 Å². The first-order valence-corrected chi connectivity index (χ1v) is 8.78. The van der Waals surface area contributed by atoms with Gasteiger partial charge in [-0.05, 0) is 24.1 Å². The van der Waals surface area contributed by atoms with Crippen molar-refractivity contribution >= 4 is 19.3 Å². The molecular formula is C14H20N3O3P. The van der Waals surface area contributed by atoms with Gasteiger partial charge in [0.05, 0.1) is 7.11 Å². The molecule has 0 aliphatic carbocycles. The minimum atomic E-state index is -2.57. The van der Waals surface area contributed by atoms with Crippen LogP contribution in [-0.2, 0) is 20.5 Å². The van der Waals surface area contributed by atoms with Gasteiger partial charge in [-0.2, -0.15) is 0 Å². The molecule has 2 aliphatic rings. The van der Waals surface area contributed by atoms with Gasteiger partial charge >= 0.3 is 13.6 Å². The Morgan fingerprint density at radius 1 is 1.19 bits per heavy atom. The molecule has 3 rings (SSSR count). The molecule has 114 valence electrons. The number of anilines is 1. The molecule has 2 aliphatic heterocycles. The van der Waals surface area contributed by atoms with E-state index in [1.807, 2.05) is 33.6 Å². The summed E-state index contributed by atoms with van der Waals surface area (Å²) >= 11 is 0. The molecule has 2 fully saturated rings. The predicted molar refractivity (Wildman–Crippen MR) is 81.2 cm³/mol. The topological polar surface area (TPSA) is 61.4 Å². The Hall–Kier alpha value is -1.36. The van der Waals surface area contributed by atoms with Crippen molar-refractivity contribution < 1.29 is 14.1 Å². The molecule has 21 heavy (non-hydrogen) atoms. The third-order valence-corrected chi connectivity index (χ3v) is 6.57. The summed E-state index contributed by atoms with van der Waals surface area (Å²) in [6.45, 7) is 3.60. The Kier molecular flexibility index (Phi) is 4.02. The highest BCUT2D eigenvalue weighted by atomic mass is 31.2. The first kappa shape index (κ1) is 14.6. The number of nitrogens with zero attached hydrogens (tertiary/aromatic N) is 2. The van der Waals surface area contributed by atoms with Crippen molar-refractivity contribution in [3.63, 3.8) is 0 Å². The Bertz CT molecular complexity index is 551. The van der Waals surface area contributed by atoms with Gasteiger partial charge in [-0.25, -0.2) is 9.34 Å². The smallest absolute Gasteiger partial charge is 0.308 e. The molecule has 0 bridgehead atoms. The molecule has 0 amide bonds. The van der Waals surface area contributed by atoms with E-state index >= 15 is 0 Å². The lowest BCUT2D eigenvalue weighted by molar-refractivity contribution is -0.140. The molecule has 7 heteroatoms. The van der Waals surface area contributed by atoms with Crippen LogP contribution in [0.2, 0.25) is 0 Å². The van der Waals surface area contributed by atoms with Crippen LogP contribution in [0.4, 0.5) is 5.69 Å². The van der Waals surface area contributed by atoms with Crippen LogP contribution < -0.4 is 5.09 Å². The maximum atomic E-state index is 12.9. The number of carbonyl (C=O) groups is 1. The van der Waals surface area contributed by atoms with Gasteiger partial charge in [-0.1, -0.05) is 12.1 Å². The first-order valence-electron chi connectivity index (χ1n) is 7.17. The minimum Gasteiger partial charge on any atom is -0.469 e. The number of methoxy groups -OCH3 is 1. The van der Waals surface area contributed by atoms with Crippen LogP contribution in [-0.4, -0.2) is 48.6 Å². The van der Waals surface area contributed by atoms with E-state index in [1.165, 1.54) is 7.11 Å². The van der Waals surface area contributed by atoms with Crippen LogP contribution in [0, 0.1) is 0 Å². The van der Waals surface area contributed by atoms with Crippen LogP contribution in [0.15, 0.2) is 24.3 Å². The third kappa shape index (κ3) is 3.46. The standard InChI is InChI=1S/C14H20N3O3P/c1-20-14(18)7-4-12-2-5-13(6-3-12)15-21(19,16-8-9-16)17-10-11-17/h2-3,5-6H,4,7-11H2,1H3,(H,15,19). The Morgan fingerprint density at radius 2 is 1.76 bits per heavy atom. The number of esters is 1. The van der Waals surface area contributed by atoms with E-state index in [2.05, 4.69) is 9.82 Å². The van der Waals surface area contributed by atoms with Gasteiger partial charge < -0.3 is 9.82 Å². The lowest BCUT2D eigenvalue weighted by Gasteiger charge is -2.22. The molecule has 0 spiro atoms. The molecule has 1 N–H and O–H groups in total. The van der Waals surface area contributed by atoms with E-state index in [-0.39, 0.29) is 5.97 Å². The van der Waals surface area contributed by atoms with Crippen molar-refractivity contribution in [3.8, 4) is 0 Å². The summed E-state index contributed by atoms with van der Waals surface area (Å²) in [5.41, 5.74) is 1.93. The zero-order valence-corrected chi connectivity index (χ0v) is 13.0. The predicted octanol–water partition coefficient (Wildman–Crippen LogP) is 1.94. The highest BCUT2D eigenvalue weighted by molar-refractivity contribution is 7.61. The summed E-state index contributed by atoms with van der Waals surface area (Å²) in [5.74, 6) is -0.204. The average molecular weight is 309 g/mol. The molecule has 1 aromatic rings. The number of benzene rings is 1. The second-order valence-electron chi connectivity index (χ2n) is 5.34. The van der Waals surface area contributed by atoms with Crippen LogP contribution >= 0.6 is 7.59 Å². The number of ether oxygens (including phenoxy) is 1. The number of rotatable bonds is 7. The average Bonchev–Trinajstić information content (AvgIpc) is 3.37. The van der Waals surface area contributed by atoms with Gasteiger partial charge in [-0.15, -0.1) is 0 Å². The molecule has 0 aromatic heterocycles. The molecule has 2 heterocycles. The summed E-state index contributed by atoms with van der Waals surface area (Å²) in [6, 6.07) is 7.76. The summed E-state index contributed by atoms with van der Waals surface area (Å²) in [7, 11) is -1.18. The summed E-state index contributed by atoms with van der Waals surface area (Å²) in [6.07, 6.45) is 1.03. The van der Waals surface area contributed by atoms with Gasteiger partial charge in [0.15, 0.2) is 0 Å². The van der Waals surface area contributed by atoms with E-state index in [1.54, 1.807) is 0 Å². The Balaban J connectivity index is 1.61. The number of hydrogen-bond donors (Lipinski definition) is 1. The lowest BCUT2D eigenvalue weighted by Crippen LogP contribution is -2.12. The van der Waals surface area contributed by atoms with Crippen LogP contribution in [0.1, 0.15) is 12.0 Å². The highest BCUT2D eigenvalue weighted by Gasteiger charge is 2.47. The van der Waals surface area contributed by atoms with E-state index < -0.39 is 7.59 Å². The molecule has 0 unspecified atom stereocenters. The minimum absolute atomic E-state index is 0.204. The zero-order valence-electron chi connectivity index (χ0n) is 12.1. The third-order valence-electron chi connectivity index (χ3n) is 3.69. The summed E-state index contributed by atoms with van der Waals surface area (Å²) < 4.78 is 21.5. The van der Waals surface area contributed by atoms with E-state index in [0.29, 0.717) is 12.8 Å². The Morgan fingerprint density at radius 3 is 2.24 bits per heavy atom. The number of nitrogens with one attached hydrogen (secondary N) is 1. The normalized spacial score (nSPS) is 18.3. The molecule has 0 radical (unpaired) electrons. The van der Waals surface area contributed by atoms with Crippen LogP contribution in [0.5, 0.6) is 0 Å². The molecular weight excluding hydrogens is 289 g/mol. The van der Waals surface area contributed by atoms with Gasteiger partial charge in [0.25, 0.3) is 0 Å². The fraction of sp³-hybridized carbons (Fsp3) is 0.500. The van der Waals surface area contributed by atoms with Crippen LogP contribution in [0.3, 0.4) is 0 Å². The monoisotopic (exact) mass is 309 g/mol. The van der Waals surface area contributed by atoms with Crippen molar-refractivity contribution in [2.75, 3.05) is 38.4 Å². The number of carbonyl (C=O) groups excluding carboxylic acids is 1. The number of aryl methyl sites for hydroxylation is 1. The van der Waals surface area contributed by atoms with Crippen molar-refractivity contribution in [1.82, 2.24) is 9.34 Å². The molecule has 2 saturated heterocycles. The van der Waals surface area contributed by atoms with Gasteiger partial charge in [0, 0.05) is 38.3 Å². The lowest BCUT2D eigenvalue weighted by atomic mass is 10.1. The first-order chi connectivity index (χ1) is 10.1. The fourth-order valence-corrected chi connectivity index (χ4v) is 4.60. The largest absolute Gasteiger partial charge is 0.469 e. The van der Waals surface area contributed by atoms with Gasteiger partial charge in [0.2, 0.25) is 0 Å². The van der Waals surface area contributed by atoms with Crippen molar-refractivity contribution in [2.45, 2.75) is 12.8 Å². The second kappa shape index (κ2) is 5.79. The number of hydrogen-bond acceptors (Lipinski definition) is 3. The molecule has 6 nitrogen and oxygen atoms in total. The van der Waals surface area contributed by atoms with Crippen molar-refractivity contribution in [1.29, 1.82) is 0 Å². The second-order valence-corrected chi connectivity index (χ2v) is 7.78. The maximum absolute atomic E-state index is 12.9. The van der Waals surface area contributed by atoms with Gasteiger partial charge in [0.1, 0.15) is 0 Å². The van der Waals surface area contributed by atoms with Gasteiger partial charge in [-0.3, -0.25) is 9.36 Å². The molecule has 0 atom stereocenters. The molecule has 1 aromatic carbocycles. The SMILES string of the molecule is COC(=O)CCc1ccc(NP(=O)(N2CC2)N2CC2)cc1. The quantitative estimate of drug-likeness (QED) is 0.472. The summed E-state index contributed by atoms with van der Waals surface area (Å²) in [5, 5.41) is 3.20. The van der Waals surface area contributed by atoms with Crippen LogP contribution in [0.25, 0.3) is 0 Å². The maximum Gasteiger partial charge on any atom is 0.308 e. The highest BCUT2D eigenvalue weighted by Crippen LogP contribution is 2.59. The summed E-state index contributed by atoms with van der Waals surface area (Å²) in [4.78, 5) is 11.1. The zero-order chi connectivity index (χ0) is 14.9. The van der Waals surface area contributed by atoms with Crippen molar-refractivity contribution in [2.24, 2.45) is 0 Å². The molecule has 0 saturated carbocycles. The van der Waals surface area contributed by atoms with E-state index in [9.17, 15) is 9.36 Å². The van der Waals surface area contributed by atoms with E-state index in [0.717, 1.165) is 37.4 Å². The van der Waals surface area contributed by atoms with E-state index in [4.69, 9.17) is 0 Å². The fourth-order valence-electron chi connectivity index (χ4n) is 2.21. The van der Waals surface area contributed by atoms with Crippen molar-refractivity contribution in [3.05, 3.63) is 29.8 Å².